The highest BCUT2D eigenvalue weighted by atomic mass is 16.6. The number of nitro groups is 1. The number of benzene rings is 1. The zero-order valence-electron chi connectivity index (χ0n) is 14.8. The number of rotatable bonds is 14. The van der Waals surface area contributed by atoms with Crippen molar-refractivity contribution < 1.29 is 4.92 Å². The van der Waals surface area contributed by atoms with Crippen LogP contribution in [0.15, 0.2) is 24.3 Å². The van der Waals surface area contributed by atoms with Crippen molar-refractivity contribution in [3.8, 4) is 0 Å². The molecule has 0 aliphatic carbocycles. The van der Waals surface area contributed by atoms with Crippen LogP contribution in [-0.2, 0) is 6.42 Å². The normalized spacial score (nSPS) is 10.8. The van der Waals surface area contributed by atoms with Crippen LogP contribution >= 0.6 is 0 Å². The summed E-state index contributed by atoms with van der Waals surface area (Å²) in [4.78, 5) is 10.7. The van der Waals surface area contributed by atoms with E-state index in [9.17, 15) is 10.1 Å². The van der Waals surface area contributed by atoms with Gasteiger partial charge in [-0.1, -0.05) is 95.8 Å². The molecule has 1 rings (SSSR count). The maximum atomic E-state index is 10.9. The predicted molar refractivity (Wildman–Crippen MR) is 97.9 cm³/mol. The van der Waals surface area contributed by atoms with Gasteiger partial charge in [-0.2, -0.15) is 0 Å². The fraction of sp³-hybridized carbons (Fsp3) is 0.700. The molecule has 1 aromatic carbocycles. The molecule has 0 amide bonds. The molecule has 0 aliphatic rings. The van der Waals surface area contributed by atoms with E-state index in [0.717, 1.165) is 18.4 Å². The first kappa shape index (κ1) is 19.7. The fourth-order valence-electron chi connectivity index (χ4n) is 3.06. The van der Waals surface area contributed by atoms with E-state index in [1.165, 1.54) is 70.6 Å². The van der Waals surface area contributed by atoms with E-state index in [1.807, 2.05) is 12.1 Å². The van der Waals surface area contributed by atoms with Crippen molar-refractivity contribution in [1.29, 1.82) is 0 Å². The van der Waals surface area contributed by atoms with E-state index in [2.05, 4.69) is 6.92 Å². The molecule has 0 saturated heterocycles. The average molecular weight is 319 g/mol. The molecule has 0 fully saturated rings. The van der Waals surface area contributed by atoms with Crippen LogP contribution in [0, 0.1) is 10.1 Å². The van der Waals surface area contributed by atoms with Gasteiger partial charge in [0.15, 0.2) is 0 Å². The lowest BCUT2D eigenvalue weighted by Crippen LogP contribution is -1.95. The number of hydrogen-bond acceptors (Lipinski definition) is 2. The van der Waals surface area contributed by atoms with E-state index < -0.39 is 0 Å². The van der Waals surface area contributed by atoms with Gasteiger partial charge < -0.3 is 0 Å². The summed E-state index contributed by atoms with van der Waals surface area (Å²) in [6.45, 7) is 2.26. The van der Waals surface area contributed by atoms with Crippen LogP contribution in [0.2, 0.25) is 0 Å². The summed E-state index contributed by atoms with van der Waals surface area (Å²) in [5.74, 6) is 0. The monoisotopic (exact) mass is 319 g/mol. The lowest BCUT2D eigenvalue weighted by molar-refractivity contribution is -0.385. The van der Waals surface area contributed by atoms with Crippen molar-refractivity contribution in [2.24, 2.45) is 0 Å². The average Bonchev–Trinajstić information content (AvgIpc) is 2.56. The highest BCUT2D eigenvalue weighted by molar-refractivity contribution is 5.39. The third-order valence-corrected chi connectivity index (χ3v) is 4.49. The third kappa shape index (κ3) is 9.37. The molecule has 23 heavy (non-hydrogen) atoms. The lowest BCUT2D eigenvalue weighted by Gasteiger charge is -2.04. The van der Waals surface area contributed by atoms with Crippen LogP contribution in [0.1, 0.15) is 89.5 Å². The smallest absolute Gasteiger partial charge is 0.258 e. The van der Waals surface area contributed by atoms with Gasteiger partial charge in [0.05, 0.1) is 4.92 Å². The molecule has 0 bridgehead atoms. The highest BCUT2D eigenvalue weighted by Crippen LogP contribution is 2.20. The van der Waals surface area contributed by atoms with Crippen molar-refractivity contribution in [2.75, 3.05) is 0 Å². The first-order chi connectivity index (χ1) is 11.3. The largest absolute Gasteiger partial charge is 0.272 e. The lowest BCUT2D eigenvalue weighted by atomic mass is 10.0. The van der Waals surface area contributed by atoms with Gasteiger partial charge in [0.1, 0.15) is 0 Å². The predicted octanol–water partition coefficient (Wildman–Crippen LogP) is 6.84. The molecule has 3 heteroatoms. The topological polar surface area (TPSA) is 43.1 Å². The number of para-hydroxylation sites is 1. The molecule has 0 radical (unpaired) electrons. The number of unbranched alkanes of at least 4 members (excludes halogenated alkanes) is 11. The first-order valence-corrected chi connectivity index (χ1v) is 9.48. The molecule has 0 N–H and O–H groups in total. The van der Waals surface area contributed by atoms with Gasteiger partial charge in [-0.15, -0.1) is 0 Å². The summed E-state index contributed by atoms with van der Waals surface area (Å²) in [7, 11) is 0. The van der Waals surface area contributed by atoms with Crippen LogP contribution in [0.25, 0.3) is 0 Å². The molecule has 0 aromatic heterocycles. The van der Waals surface area contributed by atoms with Crippen molar-refractivity contribution in [2.45, 2.75) is 90.4 Å². The van der Waals surface area contributed by atoms with E-state index in [-0.39, 0.29) is 10.6 Å². The van der Waals surface area contributed by atoms with Crippen molar-refractivity contribution in [3.05, 3.63) is 39.9 Å². The Morgan fingerprint density at radius 2 is 1.26 bits per heavy atom. The summed E-state index contributed by atoms with van der Waals surface area (Å²) >= 11 is 0. The summed E-state index contributed by atoms with van der Waals surface area (Å²) in [5.41, 5.74) is 1.15. The standard InChI is InChI=1S/C20H33NO2/c1-2-3-4-5-6-7-8-9-10-11-12-13-16-19-17-14-15-18-20(19)21(22)23/h14-15,17-18H,2-13,16H2,1H3. The molecule has 3 nitrogen and oxygen atoms in total. The second-order valence-electron chi connectivity index (χ2n) is 6.52. The third-order valence-electron chi connectivity index (χ3n) is 4.49. The molecule has 130 valence electrons. The van der Waals surface area contributed by atoms with E-state index in [1.54, 1.807) is 12.1 Å². The Kier molecular flexibility index (Phi) is 11.2. The number of aryl methyl sites for hydroxylation is 1. The Hall–Kier alpha value is -1.38. The first-order valence-electron chi connectivity index (χ1n) is 9.48. The van der Waals surface area contributed by atoms with Gasteiger partial charge in [-0.3, -0.25) is 10.1 Å². The minimum absolute atomic E-state index is 0.268. The number of nitrogens with zero attached hydrogens (tertiary/aromatic N) is 1. The zero-order chi connectivity index (χ0) is 16.8. The van der Waals surface area contributed by atoms with E-state index in [0.29, 0.717) is 0 Å². The Labute approximate surface area is 141 Å². The van der Waals surface area contributed by atoms with E-state index in [4.69, 9.17) is 0 Å². The fourth-order valence-corrected chi connectivity index (χ4v) is 3.06. The molecule has 0 heterocycles. The summed E-state index contributed by atoms with van der Waals surface area (Å²) in [6.07, 6.45) is 16.7. The van der Waals surface area contributed by atoms with Crippen LogP contribution in [0.4, 0.5) is 5.69 Å². The summed E-state index contributed by atoms with van der Waals surface area (Å²) in [6, 6.07) is 7.12. The van der Waals surface area contributed by atoms with Crippen molar-refractivity contribution in [3.63, 3.8) is 0 Å². The summed E-state index contributed by atoms with van der Waals surface area (Å²) < 4.78 is 0. The Bertz CT molecular complexity index is 431. The van der Waals surface area contributed by atoms with Gasteiger partial charge in [-0.25, -0.2) is 0 Å². The van der Waals surface area contributed by atoms with Crippen LogP contribution in [0.3, 0.4) is 0 Å². The highest BCUT2D eigenvalue weighted by Gasteiger charge is 2.11. The van der Waals surface area contributed by atoms with Crippen LogP contribution in [0.5, 0.6) is 0 Å². The minimum atomic E-state index is -0.268. The SMILES string of the molecule is CCCCCCCCCCCCCCc1ccccc1[N+](=O)[O-]. The Morgan fingerprint density at radius 1 is 0.783 bits per heavy atom. The van der Waals surface area contributed by atoms with E-state index >= 15 is 0 Å². The van der Waals surface area contributed by atoms with Gasteiger partial charge in [-0.05, 0) is 12.8 Å². The zero-order valence-corrected chi connectivity index (χ0v) is 14.8. The molecule has 0 atom stereocenters. The number of hydrogen-bond donors (Lipinski definition) is 0. The second-order valence-corrected chi connectivity index (χ2v) is 6.52. The molecule has 1 aromatic rings. The van der Waals surface area contributed by atoms with Crippen molar-refractivity contribution in [1.82, 2.24) is 0 Å². The van der Waals surface area contributed by atoms with Gasteiger partial charge in [0.25, 0.3) is 5.69 Å². The van der Waals surface area contributed by atoms with Crippen LogP contribution in [-0.4, -0.2) is 4.92 Å². The molecule has 0 unspecified atom stereocenters. The maximum Gasteiger partial charge on any atom is 0.272 e. The molecule has 0 spiro atoms. The van der Waals surface area contributed by atoms with Crippen LogP contribution < -0.4 is 0 Å². The van der Waals surface area contributed by atoms with Gasteiger partial charge in [0.2, 0.25) is 0 Å². The molecular weight excluding hydrogens is 286 g/mol. The number of nitro benzene ring substituents is 1. The quantitative estimate of drug-likeness (QED) is 0.214. The second kappa shape index (κ2) is 13.1. The Balaban J connectivity index is 1.97. The van der Waals surface area contributed by atoms with Gasteiger partial charge >= 0.3 is 0 Å². The molecule has 0 saturated carbocycles. The molecular formula is C20H33NO2. The summed E-state index contributed by atoms with van der Waals surface area (Å²) in [5, 5.41) is 10.9. The Morgan fingerprint density at radius 3 is 1.78 bits per heavy atom. The minimum Gasteiger partial charge on any atom is -0.258 e. The van der Waals surface area contributed by atoms with Crippen molar-refractivity contribution >= 4 is 5.69 Å². The molecule has 0 aliphatic heterocycles. The van der Waals surface area contributed by atoms with Gasteiger partial charge in [0, 0.05) is 11.6 Å². The maximum absolute atomic E-state index is 10.9.